The Kier molecular flexibility index (Phi) is 5.46. The lowest BCUT2D eigenvalue weighted by Crippen LogP contribution is -2.13. The van der Waals surface area contributed by atoms with Crippen molar-refractivity contribution < 1.29 is 14.4 Å². The fourth-order valence-corrected chi connectivity index (χ4v) is 5.20. The van der Waals surface area contributed by atoms with Gasteiger partial charge in [0.1, 0.15) is 4.83 Å². The molecule has 0 atom stereocenters. The van der Waals surface area contributed by atoms with E-state index in [2.05, 4.69) is 4.68 Å². The Morgan fingerprint density at radius 3 is 2.45 bits per heavy atom. The van der Waals surface area contributed by atoms with Gasteiger partial charge in [0.05, 0.1) is 16.6 Å². The summed E-state index contributed by atoms with van der Waals surface area (Å²) in [6, 6.07) is 9.13. The average molecular weight is 409 g/mol. The second kappa shape index (κ2) is 8.03. The molecule has 0 radical (unpaired) electrons. The van der Waals surface area contributed by atoms with Crippen molar-refractivity contribution in [3.63, 3.8) is 0 Å². The fraction of sp³-hybridized carbons (Fsp3) is 0.391. The van der Waals surface area contributed by atoms with Crippen molar-refractivity contribution in [3.8, 4) is 0 Å². The van der Waals surface area contributed by atoms with E-state index in [1.165, 1.54) is 37.5 Å². The molecule has 29 heavy (non-hydrogen) atoms. The van der Waals surface area contributed by atoms with Crippen molar-refractivity contribution in [2.45, 2.75) is 58.4 Å². The molecule has 0 saturated heterocycles. The van der Waals surface area contributed by atoms with E-state index in [0.717, 1.165) is 39.2 Å². The van der Waals surface area contributed by atoms with Crippen LogP contribution in [0.4, 0.5) is 0 Å². The van der Waals surface area contributed by atoms with Crippen LogP contribution in [0.5, 0.6) is 0 Å². The average Bonchev–Trinajstić information content (AvgIpc) is 3.29. The van der Waals surface area contributed by atoms with Crippen LogP contribution in [0.15, 0.2) is 30.3 Å². The minimum atomic E-state index is -0.505. The number of Topliss-reactive ketones (excluding diaryl/α,β-unsaturated/α-hetero) is 3. The Labute approximate surface area is 173 Å². The number of ketones is 3. The summed E-state index contributed by atoms with van der Waals surface area (Å²) in [5.41, 5.74) is 2.17. The first-order valence-corrected chi connectivity index (χ1v) is 10.9. The first-order valence-electron chi connectivity index (χ1n) is 10.1. The van der Waals surface area contributed by atoms with Gasteiger partial charge in [-0.05, 0) is 31.4 Å². The van der Waals surface area contributed by atoms with E-state index in [-0.39, 0.29) is 12.2 Å². The molecule has 2 aromatic heterocycles. The molecular weight excluding hydrogens is 384 g/mol. The van der Waals surface area contributed by atoms with Crippen LogP contribution in [0.2, 0.25) is 0 Å². The number of carbonyl (C=O) groups is 3. The quantitative estimate of drug-likeness (QED) is 0.420. The van der Waals surface area contributed by atoms with Gasteiger partial charge in [0.15, 0.2) is 11.6 Å². The fourth-order valence-electron chi connectivity index (χ4n) is 4.03. The van der Waals surface area contributed by atoms with Crippen LogP contribution in [-0.2, 0) is 11.2 Å². The molecule has 1 saturated carbocycles. The van der Waals surface area contributed by atoms with Crippen LogP contribution >= 0.6 is 11.3 Å². The summed E-state index contributed by atoms with van der Waals surface area (Å²) in [7, 11) is 0. The maximum absolute atomic E-state index is 12.9. The normalized spacial score (nSPS) is 15.0. The molecule has 6 heteroatoms. The first-order chi connectivity index (χ1) is 13.9. The van der Waals surface area contributed by atoms with Crippen molar-refractivity contribution in [2.75, 3.05) is 0 Å². The van der Waals surface area contributed by atoms with Gasteiger partial charge in [0, 0.05) is 24.3 Å². The predicted molar refractivity (Wildman–Crippen MR) is 114 cm³/mol. The zero-order chi connectivity index (χ0) is 20.5. The molecule has 0 unspecified atom stereocenters. The third-order valence-electron chi connectivity index (χ3n) is 5.66. The van der Waals surface area contributed by atoms with Gasteiger partial charge in [-0.3, -0.25) is 19.1 Å². The Morgan fingerprint density at radius 1 is 1.10 bits per heavy atom. The lowest BCUT2D eigenvalue weighted by Gasteiger charge is -2.22. The number of fused-ring (bicyclic) bond motifs is 1. The first kappa shape index (κ1) is 19.7. The molecule has 1 aromatic carbocycles. The van der Waals surface area contributed by atoms with E-state index in [1.807, 2.05) is 13.0 Å². The Bertz CT molecular complexity index is 1090. The minimum absolute atomic E-state index is 0.0615. The van der Waals surface area contributed by atoms with Crippen molar-refractivity contribution in [1.29, 1.82) is 0 Å². The van der Waals surface area contributed by atoms with E-state index in [9.17, 15) is 14.4 Å². The number of aromatic nitrogens is 2. The van der Waals surface area contributed by atoms with Crippen molar-refractivity contribution in [3.05, 3.63) is 52.0 Å². The van der Waals surface area contributed by atoms with Crippen LogP contribution in [0.25, 0.3) is 10.2 Å². The molecule has 0 N–H and O–H groups in total. The predicted octanol–water partition coefficient (Wildman–Crippen LogP) is 5.11. The van der Waals surface area contributed by atoms with E-state index in [4.69, 9.17) is 5.10 Å². The molecule has 150 valence electrons. The number of nitrogens with zero attached hydrogens (tertiary/aromatic N) is 2. The highest BCUT2D eigenvalue weighted by Crippen LogP contribution is 2.35. The number of hydrogen-bond acceptors (Lipinski definition) is 5. The topological polar surface area (TPSA) is 69.0 Å². The molecule has 1 aliphatic rings. The Balaban J connectivity index is 1.54. The summed E-state index contributed by atoms with van der Waals surface area (Å²) in [5.74, 6) is -0.928. The maximum atomic E-state index is 12.9. The van der Waals surface area contributed by atoms with Crippen molar-refractivity contribution in [2.24, 2.45) is 0 Å². The van der Waals surface area contributed by atoms with Crippen molar-refractivity contribution >= 4 is 38.9 Å². The molecule has 1 fully saturated rings. The summed E-state index contributed by atoms with van der Waals surface area (Å²) in [6.07, 6.45) is 6.36. The summed E-state index contributed by atoms with van der Waals surface area (Å²) in [5, 5.41) is 5.83. The van der Waals surface area contributed by atoms with Crippen LogP contribution in [0.3, 0.4) is 0 Å². The smallest absolute Gasteiger partial charge is 0.228 e. The van der Waals surface area contributed by atoms with Gasteiger partial charge in [-0.2, -0.15) is 5.10 Å². The molecular formula is C23H24N2O3S. The van der Waals surface area contributed by atoms with Crippen LogP contribution in [-0.4, -0.2) is 27.1 Å². The zero-order valence-electron chi connectivity index (χ0n) is 16.7. The summed E-state index contributed by atoms with van der Waals surface area (Å²) < 4.78 is 2.15. The highest BCUT2D eigenvalue weighted by Gasteiger charge is 2.22. The molecule has 0 amide bonds. The van der Waals surface area contributed by atoms with Crippen molar-refractivity contribution in [1.82, 2.24) is 9.78 Å². The van der Waals surface area contributed by atoms with Gasteiger partial charge in [-0.1, -0.05) is 43.5 Å². The Morgan fingerprint density at radius 2 is 1.79 bits per heavy atom. The van der Waals surface area contributed by atoms with Crippen LogP contribution in [0, 0.1) is 6.92 Å². The molecule has 3 aromatic rings. The number of aryl methyl sites for hydroxylation is 1. The zero-order valence-corrected chi connectivity index (χ0v) is 17.6. The third kappa shape index (κ3) is 3.94. The van der Waals surface area contributed by atoms with Gasteiger partial charge in [-0.25, -0.2) is 0 Å². The monoisotopic (exact) mass is 408 g/mol. The third-order valence-corrected chi connectivity index (χ3v) is 6.83. The van der Waals surface area contributed by atoms with Gasteiger partial charge in [0.2, 0.25) is 5.78 Å². The van der Waals surface area contributed by atoms with E-state index < -0.39 is 11.6 Å². The van der Waals surface area contributed by atoms with E-state index >= 15 is 0 Å². The number of rotatable bonds is 6. The van der Waals surface area contributed by atoms with E-state index in [0.29, 0.717) is 11.6 Å². The maximum Gasteiger partial charge on any atom is 0.228 e. The summed E-state index contributed by atoms with van der Waals surface area (Å²) in [6.45, 7) is 3.27. The molecule has 2 heterocycles. The molecule has 4 rings (SSSR count). The Hall–Kier alpha value is -2.60. The molecule has 1 aliphatic carbocycles. The van der Waals surface area contributed by atoms with Gasteiger partial charge < -0.3 is 0 Å². The highest BCUT2D eigenvalue weighted by atomic mass is 32.1. The molecule has 0 bridgehead atoms. The summed E-state index contributed by atoms with van der Waals surface area (Å²) in [4.78, 5) is 37.7. The second-order valence-electron chi connectivity index (χ2n) is 7.83. The molecule has 0 aliphatic heterocycles. The standard InChI is InChI=1S/C23H24N2O3S/c1-14-19-13-21(29-23(19)25(24-14)18-6-4-3-5-7-18)20(27)12-16-8-10-17(11-9-16)22(28)15(2)26/h8-11,13,18H,3-7,12H2,1-2H3. The number of carbonyl (C=O) groups excluding carboxylic acids is 3. The summed E-state index contributed by atoms with van der Waals surface area (Å²) >= 11 is 1.53. The molecule has 0 spiro atoms. The number of hydrogen-bond donors (Lipinski definition) is 0. The SMILES string of the molecule is CC(=O)C(=O)c1ccc(CC(=O)c2cc3c(C)nn(C4CCCCC4)c3s2)cc1. The van der Waals surface area contributed by atoms with Gasteiger partial charge >= 0.3 is 0 Å². The van der Waals surface area contributed by atoms with Crippen LogP contribution in [0.1, 0.15) is 76.4 Å². The minimum Gasteiger partial charge on any atom is -0.293 e. The molecule has 5 nitrogen and oxygen atoms in total. The highest BCUT2D eigenvalue weighted by molar-refractivity contribution is 7.20. The van der Waals surface area contributed by atoms with Gasteiger partial charge in [0.25, 0.3) is 0 Å². The largest absolute Gasteiger partial charge is 0.293 e. The lowest BCUT2D eigenvalue weighted by atomic mass is 9.96. The lowest BCUT2D eigenvalue weighted by molar-refractivity contribution is -0.113. The number of thiophene rings is 1. The van der Waals surface area contributed by atoms with Gasteiger partial charge in [-0.15, -0.1) is 11.3 Å². The van der Waals surface area contributed by atoms with E-state index in [1.54, 1.807) is 24.3 Å². The number of benzene rings is 1. The second-order valence-corrected chi connectivity index (χ2v) is 8.86. The van der Waals surface area contributed by atoms with Crippen LogP contribution < -0.4 is 0 Å².